The number of nitrogens with zero attached hydrogens (tertiary/aromatic N) is 2. The number of benzene rings is 1. The predicted molar refractivity (Wildman–Crippen MR) is 69.0 cm³/mol. The molecule has 0 N–H and O–H groups in total. The molecule has 0 radical (unpaired) electrons. The van der Waals surface area contributed by atoms with Gasteiger partial charge in [-0.2, -0.15) is 0 Å². The quantitative estimate of drug-likeness (QED) is 0.795. The molecule has 0 spiro atoms. The van der Waals surface area contributed by atoms with Gasteiger partial charge in [0.2, 0.25) is 0 Å². The molecule has 18 heavy (non-hydrogen) atoms. The summed E-state index contributed by atoms with van der Waals surface area (Å²) in [5.74, 6) is 1.10. The molecular formula is C12H11ClN2O2S. The lowest BCUT2D eigenvalue weighted by Crippen LogP contribution is -1.90. The minimum Gasteiger partial charge on any atom is -0.334 e. The van der Waals surface area contributed by atoms with Crippen molar-refractivity contribution in [2.24, 2.45) is 0 Å². The summed E-state index contributed by atoms with van der Waals surface area (Å²) < 4.78 is 24.4. The van der Waals surface area contributed by atoms with Crippen LogP contribution in [0.4, 0.5) is 0 Å². The Hall–Kier alpha value is -1.33. The smallest absolute Gasteiger partial charge is 0.261 e. The highest BCUT2D eigenvalue weighted by atomic mass is 35.7. The molecule has 0 saturated carbocycles. The molecule has 0 amide bonds. The standard InChI is InChI=1S/C12H11ClN2O2S/c13-18(16,17)10-5-3-9(4-6-10)11-8-15-7-1-2-12(15)14-11/h3-6,8H,1-2,7H2. The van der Waals surface area contributed by atoms with E-state index in [9.17, 15) is 8.42 Å². The van der Waals surface area contributed by atoms with Gasteiger partial charge in [0.25, 0.3) is 9.05 Å². The highest BCUT2D eigenvalue weighted by Crippen LogP contribution is 2.24. The predicted octanol–water partition coefficient (Wildman–Crippen LogP) is 2.42. The van der Waals surface area contributed by atoms with Crippen LogP contribution in [0.3, 0.4) is 0 Å². The van der Waals surface area contributed by atoms with E-state index >= 15 is 0 Å². The maximum absolute atomic E-state index is 11.1. The van der Waals surface area contributed by atoms with Crippen LogP contribution in [0.15, 0.2) is 35.4 Å². The van der Waals surface area contributed by atoms with E-state index in [0.29, 0.717) is 0 Å². The van der Waals surface area contributed by atoms with E-state index in [1.165, 1.54) is 12.1 Å². The summed E-state index contributed by atoms with van der Waals surface area (Å²) in [5, 5.41) is 0. The summed E-state index contributed by atoms with van der Waals surface area (Å²) >= 11 is 0. The highest BCUT2D eigenvalue weighted by Gasteiger charge is 2.15. The van der Waals surface area contributed by atoms with E-state index in [1.54, 1.807) is 12.1 Å². The Balaban J connectivity index is 1.97. The molecule has 4 nitrogen and oxygen atoms in total. The van der Waals surface area contributed by atoms with Gasteiger partial charge in [-0.3, -0.25) is 0 Å². The number of aromatic nitrogens is 2. The number of aryl methyl sites for hydroxylation is 2. The average Bonchev–Trinajstić information content (AvgIpc) is 2.88. The maximum atomic E-state index is 11.1. The van der Waals surface area contributed by atoms with Crippen LogP contribution in [0.2, 0.25) is 0 Å². The molecule has 6 heteroatoms. The summed E-state index contributed by atoms with van der Waals surface area (Å²) in [6.07, 6.45) is 4.16. The molecule has 3 rings (SSSR count). The van der Waals surface area contributed by atoms with Gasteiger partial charge in [-0.25, -0.2) is 13.4 Å². The largest absolute Gasteiger partial charge is 0.334 e. The summed E-state index contributed by atoms with van der Waals surface area (Å²) in [5.41, 5.74) is 1.78. The Morgan fingerprint density at radius 2 is 1.94 bits per heavy atom. The summed E-state index contributed by atoms with van der Waals surface area (Å²) in [7, 11) is 1.62. The van der Waals surface area contributed by atoms with Crippen LogP contribution in [0.1, 0.15) is 12.2 Å². The first-order valence-corrected chi connectivity index (χ1v) is 7.96. The highest BCUT2D eigenvalue weighted by molar-refractivity contribution is 8.13. The zero-order valence-electron chi connectivity index (χ0n) is 9.51. The van der Waals surface area contributed by atoms with E-state index in [1.807, 2.05) is 6.20 Å². The van der Waals surface area contributed by atoms with Gasteiger partial charge in [-0.05, 0) is 18.6 Å². The van der Waals surface area contributed by atoms with Crippen molar-refractivity contribution < 1.29 is 8.42 Å². The number of hydrogen-bond acceptors (Lipinski definition) is 3. The van der Waals surface area contributed by atoms with Crippen molar-refractivity contribution in [2.75, 3.05) is 0 Å². The summed E-state index contributed by atoms with van der Waals surface area (Å²) in [6.45, 7) is 1.01. The fourth-order valence-corrected chi connectivity index (χ4v) is 2.95. The van der Waals surface area contributed by atoms with Gasteiger partial charge in [0.05, 0.1) is 10.6 Å². The molecule has 1 aromatic carbocycles. The zero-order chi connectivity index (χ0) is 12.8. The molecule has 0 aliphatic carbocycles. The lowest BCUT2D eigenvalue weighted by Gasteiger charge is -1.99. The zero-order valence-corrected chi connectivity index (χ0v) is 11.1. The van der Waals surface area contributed by atoms with Gasteiger partial charge in [-0.15, -0.1) is 0 Å². The van der Waals surface area contributed by atoms with E-state index < -0.39 is 9.05 Å². The number of rotatable bonds is 2. The van der Waals surface area contributed by atoms with Crippen LogP contribution in [-0.4, -0.2) is 18.0 Å². The molecule has 1 aromatic heterocycles. The maximum Gasteiger partial charge on any atom is 0.261 e. The Morgan fingerprint density at radius 3 is 2.56 bits per heavy atom. The minimum atomic E-state index is -3.65. The van der Waals surface area contributed by atoms with Crippen molar-refractivity contribution in [1.82, 2.24) is 9.55 Å². The molecule has 0 atom stereocenters. The first kappa shape index (κ1) is 11.7. The fraction of sp³-hybridized carbons (Fsp3) is 0.250. The number of hydrogen-bond donors (Lipinski definition) is 0. The van der Waals surface area contributed by atoms with Gasteiger partial charge < -0.3 is 4.57 Å². The third-order valence-corrected chi connectivity index (χ3v) is 4.46. The Kier molecular flexibility index (Phi) is 2.68. The SMILES string of the molecule is O=S(=O)(Cl)c1ccc(-c2cn3c(n2)CCC3)cc1. The molecule has 0 saturated heterocycles. The number of halogens is 1. The third kappa shape index (κ3) is 2.04. The molecule has 2 aromatic rings. The second-order valence-electron chi connectivity index (χ2n) is 4.30. The third-order valence-electron chi connectivity index (χ3n) is 3.09. The van der Waals surface area contributed by atoms with Gasteiger partial charge in [0.1, 0.15) is 5.82 Å². The van der Waals surface area contributed by atoms with Crippen molar-refractivity contribution in [3.63, 3.8) is 0 Å². The van der Waals surface area contributed by atoms with Crippen molar-refractivity contribution in [1.29, 1.82) is 0 Å². The number of imidazole rings is 1. The molecule has 0 bridgehead atoms. The monoisotopic (exact) mass is 282 g/mol. The van der Waals surface area contributed by atoms with Crippen molar-refractivity contribution in [3.05, 3.63) is 36.3 Å². The Bertz CT molecular complexity index is 668. The van der Waals surface area contributed by atoms with E-state index in [4.69, 9.17) is 10.7 Å². The van der Waals surface area contributed by atoms with Crippen molar-refractivity contribution >= 4 is 19.7 Å². The van der Waals surface area contributed by atoms with Gasteiger partial charge in [0.15, 0.2) is 0 Å². The van der Waals surface area contributed by atoms with Crippen molar-refractivity contribution in [2.45, 2.75) is 24.3 Å². The average molecular weight is 283 g/mol. The van der Waals surface area contributed by atoms with Crippen LogP contribution in [0.25, 0.3) is 11.3 Å². The molecule has 1 aliphatic heterocycles. The summed E-state index contributed by atoms with van der Waals surface area (Å²) in [4.78, 5) is 4.64. The van der Waals surface area contributed by atoms with Gasteiger partial charge in [-0.1, -0.05) is 12.1 Å². The molecular weight excluding hydrogens is 272 g/mol. The van der Waals surface area contributed by atoms with Crippen LogP contribution in [0, 0.1) is 0 Å². The lowest BCUT2D eigenvalue weighted by molar-refractivity contribution is 0.609. The topological polar surface area (TPSA) is 52.0 Å². The summed E-state index contributed by atoms with van der Waals surface area (Å²) in [6, 6.07) is 6.46. The minimum absolute atomic E-state index is 0.111. The van der Waals surface area contributed by atoms with E-state index in [0.717, 1.165) is 36.5 Å². The van der Waals surface area contributed by atoms with E-state index in [2.05, 4.69) is 9.55 Å². The van der Waals surface area contributed by atoms with Crippen LogP contribution in [0.5, 0.6) is 0 Å². The van der Waals surface area contributed by atoms with Crippen LogP contribution in [-0.2, 0) is 22.0 Å². The molecule has 2 heterocycles. The first-order chi connectivity index (χ1) is 8.54. The van der Waals surface area contributed by atoms with E-state index in [-0.39, 0.29) is 4.90 Å². The molecule has 0 fully saturated rings. The molecule has 0 unspecified atom stereocenters. The van der Waals surface area contributed by atoms with Crippen LogP contribution < -0.4 is 0 Å². The van der Waals surface area contributed by atoms with Crippen molar-refractivity contribution in [3.8, 4) is 11.3 Å². The van der Waals surface area contributed by atoms with Gasteiger partial charge >= 0.3 is 0 Å². The molecule has 94 valence electrons. The van der Waals surface area contributed by atoms with Crippen LogP contribution >= 0.6 is 10.7 Å². The Labute approximate surface area is 110 Å². The molecule has 1 aliphatic rings. The fourth-order valence-electron chi connectivity index (χ4n) is 2.18. The second-order valence-corrected chi connectivity index (χ2v) is 6.87. The second kappa shape index (κ2) is 4.10. The van der Waals surface area contributed by atoms with Gasteiger partial charge in [0, 0.05) is 35.4 Å². The Morgan fingerprint density at radius 1 is 1.22 bits per heavy atom. The number of fused-ring (bicyclic) bond motifs is 1. The first-order valence-electron chi connectivity index (χ1n) is 5.65. The lowest BCUT2D eigenvalue weighted by atomic mass is 10.2. The normalized spacial score (nSPS) is 14.7.